The minimum Gasteiger partial charge on any atom is -0.378 e. The molecule has 0 saturated carbocycles. The molecule has 1 N–H and O–H groups in total. The van der Waals surface area contributed by atoms with E-state index in [9.17, 15) is 10.1 Å². The summed E-state index contributed by atoms with van der Waals surface area (Å²) in [6.45, 7) is 2.01. The van der Waals surface area contributed by atoms with Crippen LogP contribution in [0.1, 0.15) is 18.5 Å². The van der Waals surface area contributed by atoms with Crippen molar-refractivity contribution in [3.05, 3.63) is 54.1 Å². The van der Waals surface area contributed by atoms with Crippen LogP contribution in [0.3, 0.4) is 0 Å². The summed E-state index contributed by atoms with van der Waals surface area (Å²) >= 11 is 10.6. The highest BCUT2D eigenvalue weighted by Crippen LogP contribution is 2.31. The lowest BCUT2D eigenvalue weighted by Gasteiger charge is -2.14. The monoisotopic (exact) mass is 360 g/mol. The van der Waals surface area contributed by atoms with Crippen molar-refractivity contribution in [2.24, 2.45) is 0 Å². The lowest BCUT2D eigenvalue weighted by atomic mass is 10.1. The summed E-state index contributed by atoms with van der Waals surface area (Å²) in [5.74, 6) is 0. The van der Waals surface area contributed by atoms with Gasteiger partial charge in [-0.05, 0) is 52.0 Å². The van der Waals surface area contributed by atoms with Crippen molar-refractivity contribution in [2.75, 3.05) is 5.32 Å². The molecule has 0 radical (unpaired) electrons. The summed E-state index contributed by atoms with van der Waals surface area (Å²) in [6, 6.07) is 6.84. The standard InChI is InChI=1S/C12H10BrClN2O2S/c1-7(8-4-12(14)19-6-8)15-9-2-3-11(16(17)18)10(13)5-9/h2-7,15H,1H3. The molecule has 0 spiro atoms. The third kappa shape index (κ3) is 3.46. The number of rotatable bonds is 4. The number of nitro benzene ring substituents is 1. The Morgan fingerprint density at radius 1 is 1.47 bits per heavy atom. The van der Waals surface area contributed by atoms with E-state index in [0.717, 1.165) is 15.6 Å². The molecular weight excluding hydrogens is 352 g/mol. The maximum Gasteiger partial charge on any atom is 0.283 e. The molecule has 0 aliphatic carbocycles. The molecule has 2 rings (SSSR count). The second-order valence-corrected chi connectivity index (χ2v) is 6.37. The van der Waals surface area contributed by atoms with Gasteiger partial charge in [-0.1, -0.05) is 11.6 Å². The van der Waals surface area contributed by atoms with Crippen LogP contribution in [0.2, 0.25) is 4.34 Å². The molecule has 0 saturated heterocycles. The molecule has 100 valence electrons. The number of hydrogen-bond donors (Lipinski definition) is 1. The van der Waals surface area contributed by atoms with E-state index in [2.05, 4.69) is 21.2 Å². The lowest BCUT2D eigenvalue weighted by molar-refractivity contribution is -0.385. The number of anilines is 1. The summed E-state index contributed by atoms with van der Waals surface area (Å²) in [6.07, 6.45) is 0. The molecule has 1 atom stereocenters. The summed E-state index contributed by atoms with van der Waals surface area (Å²) in [5.41, 5.74) is 1.95. The van der Waals surface area contributed by atoms with Crippen LogP contribution in [0.4, 0.5) is 11.4 Å². The Labute approximate surface area is 127 Å². The van der Waals surface area contributed by atoms with Crippen LogP contribution in [0.25, 0.3) is 0 Å². The fourth-order valence-electron chi connectivity index (χ4n) is 1.63. The summed E-state index contributed by atoms with van der Waals surface area (Å²) < 4.78 is 1.20. The van der Waals surface area contributed by atoms with Gasteiger partial charge >= 0.3 is 0 Å². The molecule has 1 unspecified atom stereocenters. The van der Waals surface area contributed by atoms with Gasteiger partial charge in [0.15, 0.2) is 0 Å². The Morgan fingerprint density at radius 3 is 2.74 bits per heavy atom. The minimum absolute atomic E-state index is 0.0526. The Hall–Kier alpha value is -1.11. The van der Waals surface area contributed by atoms with Crippen LogP contribution in [-0.2, 0) is 0 Å². The van der Waals surface area contributed by atoms with E-state index in [0.29, 0.717) is 4.47 Å². The smallest absolute Gasteiger partial charge is 0.283 e. The van der Waals surface area contributed by atoms with Gasteiger partial charge in [-0.15, -0.1) is 11.3 Å². The number of thiophene rings is 1. The molecule has 1 heterocycles. The third-order valence-electron chi connectivity index (χ3n) is 2.62. The molecule has 0 amide bonds. The van der Waals surface area contributed by atoms with Crippen molar-refractivity contribution >= 4 is 50.2 Å². The molecule has 7 heteroatoms. The topological polar surface area (TPSA) is 55.2 Å². The first-order valence-corrected chi connectivity index (χ1v) is 7.47. The molecule has 0 fully saturated rings. The zero-order valence-corrected chi connectivity index (χ0v) is 13.1. The van der Waals surface area contributed by atoms with Crippen molar-refractivity contribution < 1.29 is 4.92 Å². The number of hydrogen-bond acceptors (Lipinski definition) is 4. The number of nitrogens with one attached hydrogen (secondary N) is 1. The number of nitro groups is 1. The summed E-state index contributed by atoms with van der Waals surface area (Å²) in [7, 11) is 0. The predicted octanol–water partition coefficient (Wildman–Crippen LogP) is 5.25. The second-order valence-electron chi connectivity index (χ2n) is 3.97. The largest absolute Gasteiger partial charge is 0.378 e. The zero-order chi connectivity index (χ0) is 14.0. The molecule has 1 aromatic heterocycles. The van der Waals surface area contributed by atoms with Crippen molar-refractivity contribution in [3.8, 4) is 0 Å². The highest BCUT2D eigenvalue weighted by atomic mass is 79.9. The van der Waals surface area contributed by atoms with E-state index >= 15 is 0 Å². The van der Waals surface area contributed by atoms with E-state index in [4.69, 9.17) is 11.6 Å². The van der Waals surface area contributed by atoms with E-state index in [1.54, 1.807) is 12.1 Å². The van der Waals surface area contributed by atoms with E-state index < -0.39 is 4.92 Å². The van der Waals surface area contributed by atoms with Gasteiger partial charge in [0.1, 0.15) is 0 Å². The maximum absolute atomic E-state index is 10.7. The van der Waals surface area contributed by atoms with Gasteiger partial charge < -0.3 is 5.32 Å². The minimum atomic E-state index is -0.421. The van der Waals surface area contributed by atoms with Crippen LogP contribution in [0.15, 0.2) is 34.1 Å². The molecule has 0 aliphatic rings. The average Bonchev–Trinajstić information content (AvgIpc) is 2.75. The van der Waals surface area contributed by atoms with Crippen molar-refractivity contribution in [1.82, 2.24) is 0 Å². The van der Waals surface area contributed by atoms with Crippen molar-refractivity contribution in [3.63, 3.8) is 0 Å². The van der Waals surface area contributed by atoms with Crippen LogP contribution in [-0.4, -0.2) is 4.92 Å². The normalized spacial score (nSPS) is 12.2. The van der Waals surface area contributed by atoms with Crippen molar-refractivity contribution in [1.29, 1.82) is 0 Å². The van der Waals surface area contributed by atoms with Gasteiger partial charge in [-0.25, -0.2) is 0 Å². The molecule has 0 bridgehead atoms. The molecule has 2 aromatic rings. The maximum atomic E-state index is 10.7. The molecule has 0 aliphatic heterocycles. The van der Waals surface area contributed by atoms with E-state index in [1.165, 1.54) is 17.4 Å². The van der Waals surface area contributed by atoms with Gasteiger partial charge in [0.2, 0.25) is 0 Å². The van der Waals surface area contributed by atoms with Crippen molar-refractivity contribution in [2.45, 2.75) is 13.0 Å². The highest BCUT2D eigenvalue weighted by Gasteiger charge is 2.13. The Kier molecular flexibility index (Phi) is 4.44. The van der Waals surface area contributed by atoms with Gasteiger partial charge in [0.25, 0.3) is 5.69 Å². The predicted molar refractivity (Wildman–Crippen MR) is 82.2 cm³/mol. The Bertz CT molecular complexity index is 618. The van der Waals surface area contributed by atoms with Gasteiger partial charge in [0, 0.05) is 17.8 Å². The van der Waals surface area contributed by atoms with E-state index in [-0.39, 0.29) is 11.7 Å². The average molecular weight is 362 g/mol. The number of halogens is 2. The molecule has 4 nitrogen and oxygen atoms in total. The first kappa shape index (κ1) is 14.3. The lowest BCUT2D eigenvalue weighted by Crippen LogP contribution is -2.05. The van der Waals surface area contributed by atoms with Crippen LogP contribution >= 0.6 is 38.9 Å². The first-order valence-electron chi connectivity index (χ1n) is 5.42. The fourth-order valence-corrected chi connectivity index (χ4v) is 3.14. The van der Waals surface area contributed by atoms with Crippen LogP contribution < -0.4 is 5.32 Å². The molecule has 19 heavy (non-hydrogen) atoms. The summed E-state index contributed by atoms with van der Waals surface area (Å²) in [5, 5.41) is 16.0. The quantitative estimate of drug-likeness (QED) is 0.598. The third-order valence-corrected chi connectivity index (χ3v) is 4.36. The van der Waals surface area contributed by atoms with Gasteiger partial charge in [-0.3, -0.25) is 10.1 Å². The second kappa shape index (κ2) is 5.90. The van der Waals surface area contributed by atoms with Gasteiger partial charge in [-0.2, -0.15) is 0 Å². The van der Waals surface area contributed by atoms with E-state index in [1.807, 2.05) is 18.4 Å². The Balaban J connectivity index is 2.15. The Morgan fingerprint density at radius 2 is 2.21 bits per heavy atom. The first-order chi connectivity index (χ1) is 8.97. The molecule has 1 aromatic carbocycles. The molecular formula is C12H10BrClN2O2S. The summed E-state index contributed by atoms with van der Waals surface area (Å²) in [4.78, 5) is 10.3. The zero-order valence-electron chi connectivity index (χ0n) is 9.89. The highest BCUT2D eigenvalue weighted by molar-refractivity contribution is 9.10. The number of benzene rings is 1. The van der Waals surface area contributed by atoms with Crippen LogP contribution in [0.5, 0.6) is 0 Å². The van der Waals surface area contributed by atoms with Crippen LogP contribution in [0, 0.1) is 10.1 Å². The SMILES string of the molecule is CC(Nc1ccc([N+](=O)[O-])c(Br)c1)c1csc(Cl)c1. The van der Waals surface area contributed by atoms with Gasteiger partial charge in [0.05, 0.1) is 13.7 Å². The fraction of sp³-hybridized carbons (Fsp3) is 0.167. The number of nitrogens with zero attached hydrogens (tertiary/aromatic N) is 1.